The number of primary amides is 1. The Bertz CT molecular complexity index is 1150. The van der Waals surface area contributed by atoms with Crippen LogP contribution in [0.5, 0.6) is 0 Å². The summed E-state index contributed by atoms with van der Waals surface area (Å²) in [6.45, 7) is 7.17. The van der Waals surface area contributed by atoms with Gasteiger partial charge in [-0.1, -0.05) is 38.2 Å². The second kappa shape index (κ2) is 15.6. The Morgan fingerprint density at radius 1 is 0.951 bits per heavy atom. The fourth-order valence-electron chi connectivity index (χ4n) is 5.21. The first-order valence-electron chi connectivity index (χ1n) is 13.3. The minimum atomic E-state index is -0.972. The number of hydrogen-bond donors (Lipinski definition) is 2. The molecule has 0 spiro atoms. The quantitative estimate of drug-likeness (QED) is 0.373. The average molecular weight is 575 g/mol. The van der Waals surface area contributed by atoms with Crippen molar-refractivity contribution in [3.05, 3.63) is 58.9 Å². The molecule has 2 bridgehead atoms. The molecule has 0 fully saturated rings. The van der Waals surface area contributed by atoms with Crippen LogP contribution in [0.3, 0.4) is 0 Å². The van der Waals surface area contributed by atoms with E-state index in [2.05, 4.69) is 5.32 Å². The van der Waals surface area contributed by atoms with E-state index in [0.29, 0.717) is 12.0 Å². The van der Waals surface area contributed by atoms with Crippen LogP contribution in [0.15, 0.2) is 58.9 Å². The number of methoxy groups -OCH3 is 4. The standard InChI is InChI=1S/C30H42N2O9/c1-16-10-9-11-23(37-5)28(41-30(31)36)18(3)12-17(2)27(40-8)24(38-6)13-19(4)26(39-7)21-14-20(33)15-22(25(21)34)32-29(16)35/h9-12,14-15,17,19,23-24,26-28H,13H2,1-8H3,(H2,31,36)(H,32,35)/b11-9-,16-10+,18-12+. The van der Waals surface area contributed by atoms with E-state index in [9.17, 15) is 19.2 Å². The molecule has 0 saturated heterocycles. The second-order valence-electron chi connectivity index (χ2n) is 10.2. The van der Waals surface area contributed by atoms with E-state index in [4.69, 9.17) is 29.4 Å². The van der Waals surface area contributed by atoms with Crippen molar-refractivity contribution in [2.24, 2.45) is 17.6 Å². The van der Waals surface area contributed by atoms with Gasteiger partial charge in [0.2, 0.25) is 5.78 Å². The Morgan fingerprint density at radius 2 is 1.63 bits per heavy atom. The van der Waals surface area contributed by atoms with Crippen LogP contribution in [0, 0.1) is 11.8 Å². The van der Waals surface area contributed by atoms with Crippen molar-refractivity contribution < 1.29 is 42.9 Å². The summed E-state index contributed by atoms with van der Waals surface area (Å²) in [5.41, 5.74) is 6.29. The Balaban J connectivity index is 2.66. The molecular formula is C30H42N2O9. The normalized spacial score (nSPS) is 33.9. The second-order valence-corrected chi connectivity index (χ2v) is 10.2. The molecule has 0 aromatic heterocycles. The first-order valence-corrected chi connectivity index (χ1v) is 13.3. The van der Waals surface area contributed by atoms with Crippen LogP contribution < -0.4 is 11.1 Å². The Morgan fingerprint density at radius 3 is 2.20 bits per heavy atom. The van der Waals surface area contributed by atoms with E-state index in [1.807, 2.05) is 19.9 Å². The zero-order valence-corrected chi connectivity index (χ0v) is 25.0. The number of rotatable bonds is 5. The summed E-state index contributed by atoms with van der Waals surface area (Å²) < 4.78 is 28.4. The molecular weight excluding hydrogens is 532 g/mol. The van der Waals surface area contributed by atoms with Gasteiger partial charge in [0.15, 0.2) is 11.9 Å². The topological polar surface area (TPSA) is 152 Å². The van der Waals surface area contributed by atoms with Crippen molar-refractivity contribution in [3.63, 3.8) is 0 Å². The van der Waals surface area contributed by atoms with E-state index in [0.717, 1.165) is 6.08 Å². The maximum atomic E-state index is 13.4. The molecule has 0 aromatic carbocycles. The zero-order chi connectivity index (χ0) is 30.9. The van der Waals surface area contributed by atoms with E-state index in [-0.39, 0.29) is 28.7 Å². The third-order valence-electron chi connectivity index (χ3n) is 7.27. The molecule has 1 aliphatic heterocycles. The van der Waals surface area contributed by atoms with Gasteiger partial charge in [0.25, 0.3) is 5.91 Å². The van der Waals surface area contributed by atoms with Crippen LogP contribution in [-0.4, -0.2) is 82.5 Å². The maximum Gasteiger partial charge on any atom is 0.405 e. The summed E-state index contributed by atoms with van der Waals surface area (Å²) in [5, 5.41) is 2.54. The molecule has 1 aliphatic carbocycles. The largest absolute Gasteiger partial charge is 0.439 e. The predicted molar refractivity (Wildman–Crippen MR) is 152 cm³/mol. The monoisotopic (exact) mass is 574 g/mol. The number of nitrogens with one attached hydrogen (secondary N) is 1. The molecule has 0 radical (unpaired) electrons. The molecule has 11 nitrogen and oxygen atoms in total. The van der Waals surface area contributed by atoms with Crippen molar-refractivity contribution in [2.45, 2.75) is 64.6 Å². The van der Waals surface area contributed by atoms with Gasteiger partial charge in [-0.2, -0.15) is 0 Å². The number of amides is 2. The van der Waals surface area contributed by atoms with Gasteiger partial charge < -0.3 is 34.7 Å². The minimum Gasteiger partial charge on any atom is -0.439 e. The molecule has 1 heterocycles. The van der Waals surface area contributed by atoms with Crippen molar-refractivity contribution in [3.8, 4) is 0 Å². The summed E-state index contributed by atoms with van der Waals surface area (Å²) in [6, 6.07) is 0. The van der Waals surface area contributed by atoms with E-state index in [1.165, 1.54) is 26.4 Å². The first-order chi connectivity index (χ1) is 19.4. The SMILES string of the molecule is COC1/C=C\C=C(/C)C(=O)NC2=CC(=O)C=C(C2=O)C(OC)C(C)CC(OC)C(OC)C(C)/C=C(\C)C1OC(N)=O. The lowest BCUT2D eigenvalue weighted by molar-refractivity contribution is -0.120. The van der Waals surface area contributed by atoms with Gasteiger partial charge in [-0.15, -0.1) is 0 Å². The smallest absolute Gasteiger partial charge is 0.405 e. The Labute approximate surface area is 241 Å². The molecule has 0 aromatic rings. The number of carbonyl (C=O) groups is 4. The van der Waals surface area contributed by atoms with Gasteiger partial charge in [-0.05, 0) is 37.8 Å². The van der Waals surface area contributed by atoms with E-state index in [1.54, 1.807) is 40.2 Å². The average Bonchev–Trinajstić information content (AvgIpc) is 2.91. The summed E-state index contributed by atoms with van der Waals surface area (Å²) in [4.78, 5) is 50.6. The summed E-state index contributed by atoms with van der Waals surface area (Å²) >= 11 is 0. The number of allylic oxidation sites excluding steroid dienone is 5. The lowest BCUT2D eigenvalue weighted by atomic mass is 9.84. The number of ether oxygens (including phenoxy) is 5. The number of nitrogens with two attached hydrogens (primary N) is 1. The molecule has 7 unspecified atom stereocenters. The van der Waals surface area contributed by atoms with E-state index < -0.39 is 54.1 Å². The number of Topliss-reactive ketones (excluding diaryl/α,β-unsaturated/α-hetero) is 1. The summed E-state index contributed by atoms with van der Waals surface area (Å²) in [7, 11) is 6.05. The van der Waals surface area contributed by atoms with Crippen molar-refractivity contribution in [1.82, 2.24) is 5.32 Å². The molecule has 7 atom stereocenters. The molecule has 2 rings (SSSR count). The van der Waals surface area contributed by atoms with Crippen molar-refractivity contribution in [2.75, 3.05) is 28.4 Å². The molecule has 0 saturated carbocycles. The van der Waals surface area contributed by atoms with Gasteiger partial charge in [0.1, 0.15) is 6.10 Å². The lowest BCUT2D eigenvalue weighted by Crippen LogP contribution is -2.41. The van der Waals surface area contributed by atoms with Gasteiger partial charge >= 0.3 is 6.09 Å². The highest BCUT2D eigenvalue weighted by Gasteiger charge is 2.36. The number of hydrogen-bond acceptors (Lipinski definition) is 9. The highest BCUT2D eigenvalue weighted by molar-refractivity contribution is 6.22. The molecule has 41 heavy (non-hydrogen) atoms. The summed E-state index contributed by atoms with van der Waals surface area (Å²) in [6.07, 6.45) is 5.11. The zero-order valence-electron chi connectivity index (χ0n) is 25.0. The molecule has 2 aliphatic rings. The van der Waals surface area contributed by atoms with Gasteiger partial charge in [-0.25, -0.2) is 4.79 Å². The van der Waals surface area contributed by atoms with Crippen molar-refractivity contribution >= 4 is 23.6 Å². The number of fused-ring (bicyclic) bond motifs is 2. The highest BCUT2D eigenvalue weighted by atomic mass is 16.6. The third-order valence-corrected chi connectivity index (χ3v) is 7.27. The van der Waals surface area contributed by atoms with Crippen LogP contribution in [0.4, 0.5) is 4.79 Å². The van der Waals surface area contributed by atoms with Crippen molar-refractivity contribution in [1.29, 1.82) is 0 Å². The molecule has 226 valence electrons. The third kappa shape index (κ3) is 8.80. The first kappa shape index (κ1) is 33.8. The van der Waals surface area contributed by atoms with Crippen LogP contribution in [0.25, 0.3) is 0 Å². The highest BCUT2D eigenvalue weighted by Crippen LogP contribution is 2.30. The van der Waals surface area contributed by atoms with Crippen LogP contribution in [0.2, 0.25) is 0 Å². The molecule has 3 N–H and O–H groups in total. The van der Waals surface area contributed by atoms with Gasteiger partial charge in [-0.3, -0.25) is 14.4 Å². The lowest BCUT2D eigenvalue weighted by Gasteiger charge is -2.34. The molecule has 11 heteroatoms. The minimum absolute atomic E-state index is 0.141. The van der Waals surface area contributed by atoms with Crippen LogP contribution in [0.1, 0.15) is 34.1 Å². The predicted octanol–water partition coefficient (Wildman–Crippen LogP) is 2.71. The number of ketones is 2. The fraction of sp³-hybridized carbons (Fsp3) is 0.533. The Hall–Kier alpha value is -3.38. The fourth-order valence-corrected chi connectivity index (χ4v) is 5.21. The summed E-state index contributed by atoms with van der Waals surface area (Å²) in [5.74, 6) is -2.04. The van der Waals surface area contributed by atoms with Gasteiger partial charge in [0.05, 0.1) is 24.0 Å². The van der Waals surface area contributed by atoms with Gasteiger partial charge in [0, 0.05) is 51.6 Å². The molecule has 2 amide bonds. The van der Waals surface area contributed by atoms with Crippen LogP contribution in [-0.2, 0) is 38.1 Å². The van der Waals surface area contributed by atoms with Crippen LogP contribution >= 0.6 is 0 Å². The van der Waals surface area contributed by atoms with E-state index >= 15 is 0 Å². The number of carbonyl (C=O) groups excluding carboxylic acids is 4. The maximum absolute atomic E-state index is 13.4. The Kier molecular flexibility index (Phi) is 12.8.